The molecule has 0 radical (unpaired) electrons. The zero-order chi connectivity index (χ0) is 50.0. The topological polar surface area (TPSA) is 186 Å². The first-order valence-electron chi connectivity index (χ1n) is 23.5. The van der Waals surface area contributed by atoms with Gasteiger partial charge in [-0.05, 0) is 109 Å². The number of rotatable bonds is 9. The van der Waals surface area contributed by atoms with Gasteiger partial charge in [0.2, 0.25) is 17.1 Å². The number of hydrogen-bond acceptors (Lipinski definition) is 12. The molecule has 74 heavy (non-hydrogen) atoms. The molecule has 0 atom stereocenters. The van der Waals surface area contributed by atoms with E-state index in [-0.39, 0.29) is 16.7 Å². The largest absolute Gasteiger partial charge is 0.438 e. The molecule has 0 aliphatic heterocycles. The predicted molar refractivity (Wildman–Crippen MR) is 284 cm³/mol. The van der Waals surface area contributed by atoms with Gasteiger partial charge in [0.05, 0.1) is 69.8 Å². The summed E-state index contributed by atoms with van der Waals surface area (Å²) < 4.78 is 18.0. The summed E-state index contributed by atoms with van der Waals surface area (Å²) in [6.07, 6.45) is 4.65. The molecule has 3 amide bonds. The van der Waals surface area contributed by atoms with E-state index in [0.717, 1.165) is 49.1 Å². The Morgan fingerprint density at radius 3 is 1.14 bits per heavy atom. The highest BCUT2D eigenvalue weighted by molar-refractivity contribution is 6.14. The number of aromatic nitrogens is 6. The molecule has 0 saturated carbocycles. The molecule has 0 spiro atoms. The second-order valence-electron chi connectivity index (χ2n) is 17.7. The Morgan fingerprint density at radius 1 is 0.392 bits per heavy atom. The molecule has 9 aromatic heterocycles. The molecule has 0 aliphatic rings. The molecule has 354 valence electrons. The van der Waals surface area contributed by atoms with Crippen LogP contribution in [0.25, 0.3) is 100 Å². The molecule has 0 saturated heterocycles. The van der Waals surface area contributed by atoms with E-state index < -0.39 is 17.7 Å². The zero-order valence-corrected chi connectivity index (χ0v) is 39.3. The van der Waals surface area contributed by atoms with Crippen LogP contribution >= 0.6 is 0 Å². The lowest BCUT2D eigenvalue weighted by Crippen LogP contribution is -2.29. The fraction of sp³-hybridized carbons (Fsp3) is 0.0339. The van der Waals surface area contributed by atoms with Crippen LogP contribution in [-0.2, 0) is 0 Å². The molecule has 15 heteroatoms. The second-order valence-corrected chi connectivity index (χ2v) is 17.7. The molecule has 15 nitrogen and oxygen atoms in total. The standard InChI is InChI=1S/C59H37N9O6/c1-67(37-16-22-46(61-31-37)49-25-19-43-40-10-4-7-13-52(40)73-56(43)65-49)58(70)34-27-33(54(69)63-36-15-21-45(60-30-36)48-24-18-42-39-9-3-6-12-51(39)72-55(42)64-48)28-35(29-34)59(71)68(2)38-17-23-47(62-32-38)50-26-20-44-41-11-5-8-14-53(41)74-57(44)66-50/h3-32H,1-2H3,(H,63,69). The van der Waals surface area contributed by atoms with Crippen molar-refractivity contribution in [3.8, 4) is 34.2 Å². The Hall–Kier alpha value is -10.4. The first-order valence-corrected chi connectivity index (χ1v) is 23.5. The normalized spacial score (nSPS) is 11.5. The van der Waals surface area contributed by atoms with E-state index in [1.54, 1.807) is 62.9 Å². The Kier molecular flexibility index (Phi) is 10.3. The van der Waals surface area contributed by atoms with Crippen LogP contribution in [-0.4, -0.2) is 61.7 Å². The molecule has 1 N–H and O–H groups in total. The Bertz CT molecular complexity index is 4200. The first kappa shape index (κ1) is 43.6. The molecule has 0 bridgehead atoms. The molecule has 9 heterocycles. The highest BCUT2D eigenvalue weighted by Crippen LogP contribution is 2.33. The number of fused-ring (bicyclic) bond motifs is 9. The van der Waals surface area contributed by atoms with Crippen LogP contribution in [0.2, 0.25) is 0 Å². The average Bonchev–Trinajstić information content (AvgIpc) is 4.15. The smallest absolute Gasteiger partial charge is 0.258 e. The van der Waals surface area contributed by atoms with Crippen LogP contribution < -0.4 is 15.1 Å². The van der Waals surface area contributed by atoms with E-state index in [1.807, 2.05) is 109 Å². The number of para-hydroxylation sites is 3. The summed E-state index contributed by atoms with van der Waals surface area (Å²) >= 11 is 0. The van der Waals surface area contributed by atoms with Crippen LogP contribution in [0, 0.1) is 0 Å². The first-order chi connectivity index (χ1) is 36.2. The molecular formula is C59H37N9O6. The van der Waals surface area contributed by atoms with Crippen LogP contribution in [0.1, 0.15) is 31.1 Å². The van der Waals surface area contributed by atoms with Gasteiger partial charge in [-0.1, -0.05) is 54.6 Å². The van der Waals surface area contributed by atoms with Crippen LogP contribution in [0.15, 0.2) is 196 Å². The van der Waals surface area contributed by atoms with Crippen molar-refractivity contribution < 1.29 is 27.6 Å². The third kappa shape index (κ3) is 7.68. The molecular weight excluding hydrogens is 931 g/mol. The Morgan fingerprint density at radius 2 is 0.757 bits per heavy atom. The minimum atomic E-state index is -0.574. The summed E-state index contributed by atoms with van der Waals surface area (Å²) in [5.41, 5.74) is 8.71. The number of benzene rings is 4. The van der Waals surface area contributed by atoms with Crippen molar-refractivity contribution in [2.24, 2.45) is 0 Å². The number of anilines is 3. The van der Waals surface area contributed by atoms with Gasteiger partial charge in [0.1, 0.15) is 16.7 Å². The van der Waals surface area contributed by atoms with Gasteiger partial charge in [-0.15, -0.1) is 0 Å². The molecule has 13 aromatic rings. The van der Waals surface area contributed by atoms with Gasteiger partial charge in [0.15, 0.2) is 0 Å². The van der Waals surface area contributed by atoms with Gasteiger partial charge in [0, 0.05) is 63.1 Å². The van der Waals surface area contributed by atoms with E-state index in [2.05, 4.69) is 20.3 Å². The van der Waals surface area contributed by atoms with Crippen molar-refractivity contribution in [3.63, 3.8) is 0 Å². The highest BCUT2D eigenvalue weighted by Gasteiger charge is 2.24. The molecule has 0 aliphatic carbocycles. The summed E-state index contributed by atoms with van der Waals surface area (Å²) in [5, 5.41) is 8.48. The van der Waals surface area contributed by atoms with Crippen molar-refractivity contribution >= 4 is 101 Å². The lowest BCUT2D eigenvalue weighted by Gasteiger charge is -2.20. The van der Waals surface area contributed by atoms with Crippen LogP contribution in [0.4, 0.5) is 17.1 Å². The maximum atomic E-state index is 14.5. The third-order valence-corrected chi connectivity index (χ3v) is 13.1. The third-order valence-electron chi connectivity index (χ3n) is 13.1. The van der Waals surface area contributed by atoms with E-state index in [4.69, 9.17) is 28.2 Å². The maximum Gasteiger partial charge on any atom is 0.258 e. The summed E-state index contributed by atoms with van der Waals surface area (Å²) in [7, 11) is 3.19. The number of amides is 3. The summed E-state index contributed by atoms with van der Waals surface area (Å²) in [4.78, 5) is 73.9. The SMILES string of the molecule is CN(C(=O)c1cc(C(=O)Nc2ccc(-c3ccc4c(n3)oc3ccccc34)nc2)cc(C(=O)N(C)c2ccc(-c3ccc4c(n3)oc3ccccc34)nc2)c1)c1ccc(-c2ccc3c(n2)oc2ccccc23)nc1. The zero-order valence-electron chi connectivity index (χ0n) is 39.3. The van der Waals surface area contributed by atoms with Crippen molar-refractivity contribution in [3.05, 3.63) is 199 Å². The number of carbonyl (C=O) groups is 3. The van der Waals surface area contributed by atoms with Crippen molar-refractivity contribution in [1.29, 1.82) is 0 Å². The minimum absolute atomic E-state index is 0.0585. The van der Waals surface area contributed by atoms with E-state index in [9.17, 15) is 14.4 Å². The maximum absolute atomic E-state index is 14.5. The van der Waals surface area contributed by atoms with Gasteiger partial charge in [-0.25, -0.2) is 15.0 Å². The molecule has 13 rings (SSSR count). The molecule has 4 aromatic carbocycles. The van der Waals surface area contributed by atoms with Gasteiger partial charge < -0.3 is 28.4 Å². The lowest BCUT2D eigenvalue weighted by molar-refractivity contribution is 0.0992. The second kappa shape index (κ2) is 17.5. The summed E-state index contributed by atoms with van der Waals surface area (Å²) in [5.74, 6) is -1.56. The van der Waals surface area contributed by atoms with Gasteiger partial charge in [0.25, 0.3) is 17.7 Å². The van der Waals surface area contributed by atoms with Crippen molar-refractivity contribution in [2.45, 2.75) is 0 Å². The number of pyridine rings is 6. The Balaban J connectivity index is 0.782. The number of nitrogens with zero attached hydrogens (tertiary/aromatic N) is 8. The van der Waals surface area contributed by atoms with Crippen molar-refractivity contribution in [1.82, 2.24) is 29.9 Å². The number of carbonyl (C=O) groups excluding carboxylic acids is 3. The average molecular weight is 968 g/mol. The number of furan rings is 3. The minimum Gasteiger partial charge on any atom is -0.438 e. The van der Waals surface area contributed by atoms with Crippen molar-refractivity contribution in [2.75, 3.05) is 29.2 Å². The predicted octanol–water partition coefficient (Wildman–Crippen LogP) is 12.6. The molecule has 0 fully saturated rings. The van der Waals surface area contributed by atoms with Crippen LogP contribution in [0.3, 0.4) is 0 Å². The Labute approximate surface area is 419 Å². The summed E-state index contributed by atoms with van der Waals surface area (Å²) in [6.45, 7) is 0. The van der Waals surface area contributed by atoms with Crippen LogP contribution in [0.5, 0.6) is 0 Å². The van der Waals surface area contributed by atoms with E-state index in [0.29, 0.717) is 68.4 Å². The van der Waals surface area contributed by atoms with Gasteiger partial charge in [-0.3, -0.25) is 29.3 Å². The summed E-state index contributed by atoms with van der Waals surface area (Å²) in [6, 6.07) is 49.6. The fourth-order valence-corrected chi connectivity index (χ4v) is 9.17. The molecule has 0 unspecified atom stereocenters. The monoisotopic (exact) mass is 967 g/mol. The van der Waals surface area contributed by atoms with Gasteiger partial charge >= 0.3 is 0 Å². The van der Waals surface area contributed by atoms with E-state index >= 15 is 0 Å². The quantitative estimate of drug-likeness (QED) is 0.144. The van der Waals surface area contributed by atoms with Gasteiger partial charge in [-0.2, -0.15) is 0 Å². The number of hydrogen-bond donors (Lipinski definition) is 1. The lowest BCUT2D eigenvalue weighted by atomic mass is 10.0. The highest BCUT2D eigenvalue weighted by atomic mass is 16.3. The fourth-order valence-electron chi connectivity index (χ4n) is 9.17. The number of nitrogens with one attached hydrogen (secondary N) is 1. The van der Waals surface area contributed by atoms with E-state index in [1.165, 1.54) is 34.2 Å².